The topological polar surface area (TPSA) is 67.9 Å². The zero-order valence-corrected chi connectivity index (χ0v) is 17.2. The minimum Gasteiger partial charge on any atom is -0.412 e. The van der Waals surface area contributed by atoms with E-state index in [9.17, 15) is 5.11 Å². The van der Waals surface area contributed by atoms with Crippen LogP contribution in [0, 0.1) is 0 Å². The van der Waals surface area contributed by atoms with E-state index < -0.39 is 5.60 Å². The molecule has 0 spiro atoms. The molecule has 0 amide bonds. The van der Waals surface area contributed by atoms with Gasteiger partial charge >= 0.3 is 0 Å². The number of hydrogen-bond donors (Lipinski definition) is 1. The molecule has 27 heavy (non-hydrogen) atoms. The van der Waals surface area contributed by atoms with E-state index in [1.165, 1.54) is 19.3 Å². The highest BCUT2D eigenvalue weighted by atomic mass is 35.5. The lowest BCUT2D eigenvalue weighted by Gasteiger charge is -2.39. The maximum absolute atomic E-state index is 11.5. The number of benzene rings is 1. The van der Waals surface area contributed by atoms with Crippen molar-refractivity contribution in [2.45, 2.75) is 63.6 Å². The summed E-state index contributed by atoms with van der Waals surface area (Å²) in [4.78, 5) is 7.06. The van der Waals surface area contributed by atoms with Crippen LogP contribution in [0.15, 0.2) is 54.7 Å². The van der Waals surface area contributed by atoms with Crippen LogP contribution in [0.25, 0.3) is 0 Å². The summed E-state index contributed by atoms with van der Waals surface area (Å²) in [6, 6.07) is 17.0. The van der Waals surface area contributed by atoms with Crippen molar-refractivity contribution in [3.8, 4) is 0 Å². The van der Waals surface area contributed by atoms with Gasteiger partial charge in [-0.3, -0.25) is 9.88 Å². The molecule has 1 fully saturated rings. The van der Waals surface area contributed by atoms with Gasteiger partial charge in [0, 0.05) is 18.3 Å². The Kier molecular flexibility index (Phi) is 9.40. The number of halogens is 1. The quantitative estimate of drug-likeness (QED) is 0.808. The second kappa shape index (κ2) is 10.8. The molecule has 0 aliphatic carbocycles. The second-order valence-corrected chi connectivity index (χ2v) is 7.41. The van der Waals surface area contributed by atoms with Gasteiger partial charge < -0.3 is 10.6 Å². The zero-order chi connectivity index (χ0) is 17.7. The molecule has 3 rings (SSSR count). The summed E-state index contributed by atoms with van der Waals surface area (Å²) >= 11 is 0. The van der Waals surface area contributed by atoms with E-state index in [1.807, 2.05) is 48.5 Å². The van der Waals surface area contributed by atoms with Crippen LogP contribution in [0.4, 0.5) is 0 Å². The summed E-state index contributed by atoms with van der Waals surface area (Å²) in [6.45, 7) is 5.69. The first-order valence-corrected chi connectivity index (χ1v) is 9.56. The van der Waals surface area contributed by atoms with Gasteiger partial charge in [0.1, 0.15) is 5.60 Å². The van der Waals surface area contributed by atoms with Gasteiger partial charge in [0.25, 0.3) is 0 Å². The van der Waals surface area contributed by atoms with Gasteiger partial charge in [-0.2, -0.15) is 0 Å². The average molecular weight is 393 g/mol. The zero-order valence-electron chi connectivity index (χ0n) is 16.3. The average Bonchev–Trinajstić information content (AvgIpc) is 2.65. The number of rotatable bonds is 6. The molecular weight excluding hydrogens is 360 g/mol. The van der Waals surface area contributed by atoms with Crippen LogP contribution in [0.5, 0.6) is 0 Å². The Labute approximate surface area is 169 Å². The summed E-state index contributed by atoms with van der Waals surface area (Å²) in [7, 11) is 0. The first kappa shape index (κ1) is 23.6. The number of hydrogen-bond acceptors (Lipinski definition) is 3. The molecule has 2 aromatic rings. The molecule has 1 aromatic carbocycles. The van der Waals surface area contributed by atoms with E-state index in [2.05, 4.69) is 23.7 Å². The van der Waals surface area contributed by atoms with E-state index in [-0.39, 0.29) is 17.9 Å². The molecule has 1 aliphatic rings. The number of aromatic nitrogens is 1. The van der Waals surface area contributed by atoms with Crippen molar-refractivity contribution >= 4 is 12.4 Å². The largest absolute Gasteiger partial charge is 0.412 e. The highest BCUT2D eigenvalue weighted by Gasteiger charge is 2.33. The Morgan fingerprint density at radius 2 is 1.67 bits per heavy atom. The van der Waals surface area contributed by atoms with Gasteiger partial charge in [0.15, 0.2) is 0 Å². The molecule has 2 heterocycles. The van der Waals surface area contributed by atoms with Crippen LogP contribution in [0.2, 0.25) is 0 Å². The first-order valence-electron chi connectivity index (χ1n) is 9.56. The van der Waals surface area contributed by atoms with E-state index in [4.69, 9.17) is 0 Å². The fraction of sp³-hybridized carbons (Fsp3) is 0.500. The maximum atomic E-state index is 11.5. The number of aliphatic hydroxyl groups is 1. The molecule has 150 valence electrons. The lowest BCUT2D eigenvalue weighted by Crippen LogP contribution is -2.44. The summed E-state index contributed by atoms with van der Waals surface area (Å²) < 4.78 is 0. The predicted molar refractivity (Wildman–Crippen MR) is 113 cm³/mol. The Hall–Kier alpha value is -1.46. The highest BCUT2D eigenvalue weighted by molar-refractivity contribution is 5.85. The summed E-state index contributed by atoms with van der Waals surface area (Å²) in [5.41, 5.74) is 0.638. The third-order valence-corrected chi connectivity index (χ3v) is 5.67. The van der Waals surface area contributed by atoms with Crippen molar-refractivity contribution in [3.05, 3.63) is 66.0 Å². The Morgan fingerprint density at radius 1 is 1.04 bits per heavy atom. The van der Waals surface area contributed by atoms with Crippen LogP contribution in [0.3, 0.4) is 0 Å². The Balaban J connectivity index is 0.00000182. The Morgan fingerprint density at radius 3 is 2.26 bits per heavy atom. The number of nitrogens with zero attached hydrogens (tertiary/aromatic N) is 2. The molecule has 3 atom stereocenters. The third-order valence-electron chi connectivity index (χ3n) is 5.67. The van der Waals surface area contributed by atoms with Gasteiger partial charge in [0.2, 0.25) is 0 Å². The van der Waals surface area contributed by atoms with Crippen LogP contribution in [-0.4, -0.2) is 39.1 Å². The normalized spacial score (nSPS) is 22.2. The molecule has 5 heteroatoms. The van der Waals surface area contributed by atoms with Crippen LogP contribution in [-0.2, 0) is 5.60 Å². The van der Waals surface area contributed by atoms with E-state index in [0.29, 0.717) is 18.5 Å². The maximum Gasteiger partial charge on any atom is 0.131 e. The van der Waals surface area contributed by atoms with Crippen molar-refractivity contribution in [2.24, 2.45) is 0 Å². The van der Waals surface area contributed by atoms with E-state index >= 15 is 0 Å². The van der Waals surface area contributed by atoms with Gasteiger partial charge in [-0.1, -0.05) is 42.8 Å². The predicted octanol–water partition coefficient (Wildman–Crippen LogP) is 3.96. The molecule has 1 aromatic heterocycles. The van der Waals surface area contributed by atoms with Gasteiger partial charge in [-0.15, -0.1) is 12.4 Å². The molecule has 3 unspecified atom stereocenters. The van der Waals surface area contributed by atoms with Crippen molar-refractivity contribution < 1.29 is 10.6 Å². The van der Waals surface area contributed by atoms with E-state index in [1.54, 1.807) is 6.20 Å². The minimum absolute atomic E-state index is 0. The fourth-order valence-corrected chi connectivity index (χ4v) is 4.17. The van der Waals surface area contributed by atoms with Crippen molar-refractivity contribution in [1.82, 2.24) is 9.88 Å². The van der Waals surface area contributed by atoms with Crippen molar-refractivity contribution in [1.29, 1.82) is 0 Å². The molecule has 0 bridgehead atoms. The van der Waals surface area contributed by atoms with Crippen molar-refractivity contribution in [3.63, 3.8) is 0 Å². The summed E-state index contributed by atoms with van der Waals surface area (Å²) in [6.07, 6.45) is 7.31. The molecule has 4 nitrogen and oxygen atoms in total. The highest BCUT2D eigenvalue weighted by Crippen LogP contribution is 2.33. The number of likely N-dealkylation sites (tertiary alicyclic amines) is 1. The van der Waals surface area contributed by atoms with Gasteiger partial charge in [0.05, 0.1) is 5.69 Å². The monoisotopic (exact) mass is 392 g/mol. The van der Waals surface area contributed by atoms with Crippen LogP contribution >= 0.6 is 12.4 Å². The minimum atomic E-state index is -1.02. The smallest absolute Gasteiger partial charge is 0.131 e. The van der Waals surface area contributed by atoms with Crippen LogP contribution in [0.1, 0.15) is 57.2 Å². The lowest BCUT2D eigenvalue weighted by molar-refractivity contribution is 0.0489. The molecule has 1 saturated heterocycles. The SMILES string of the molecule is CC1CCCC(C)N1CCCC(O)(c1ccccc1)c1ccccn1.Cl.O. The van der Waals surface area contributed by atoms with E-state index in [0.717, 1.165) is 24.2 Å². The summed E-state index contributed by atoms with van der Waals surface area (Å²) in [5.74, 6) is 0. The molecular formula is C22H33ClN2O2. The summed E-state index contributed by atoms with van der Waals surface area (Å²) in [5, 5.41) is 11.5. The van der Waals surface area contributed by atoms with Gasteiger partial charge in [-0.25, -0.2) is 0 Å². The van der Waals surface area contributed by atoms with Crippen molar-refractivity contribution in [2.75, 3.05) is 6.54 Å². The lowest BCUT2D eigenvalue weighted by atomic mass is 9.85. The second-order valence-electron chi connectivity index (χ2n) is 7.41. The molecule has 3 N–H and O–H groups in total. The first-order chi connectivity index (χ1) is 12.1. The van der Waals surface area contributed by atoms with Gasteiger partial charge in [-0.05, 0) is 63.8 Å². The number of piperidine rings is 1. The number of pyridine rings is 1. The molecule has 1 aliphatic heterocycles. The third kappa shape index (κ3) is 5.52. The Bertz CT molecular complexity index is 604. The molecule has 0 radical (unpaired) electrons. The fourth-order valence-electron chi connectivity index (χ4n) is 4.17. The standard InChI is InChI=1S/C22H30N2O.ClH.H2O/c1-18-10-8-11-19(2)24(18)17-9-15-22(25,20-12-4-3-5-13-20)21-14-6-7-16-23-21;;/h3-7,12-14,16,18-19,25H,8-11,15,17H2,1-2H3;1H;1H2. The molecule has 0 saturated carbocycles. The van der Waals surface area contributed by atoms with Crippen LogP contribution < -0.4 is 0 Å².